The molecule has 1 aliphatic heterocycles. The number of anilines is 1. The molecular formula is C15H13N3O3S. The number of hydrogen-bond donors (Lipinski definition) is 1. The summed E-state index contributed by atoms with van der Waals surface area (Å²) in [6.07, 6.45) is 0.0457. The van der Waals surface area contributed by atoms with E-state index in [0.717, 1.165) is 10.6 Å². The van der Waals surface area contributed by atoms with Crippen LogP contribution in [0.5, 0.6) is 0 Å². The number of thiazole rings is 1. The number of benzene rings is 1. The summed E-state index contributed by atoms with van der Waals surface area (Å²) in [5.74, 6) is -0.970. The standard InChI is InChI=1S/C15H13N3O3S/c1-9-8-22-15(16-9)17-12(19)6-7-18-13(20)10-4-2-3-5-11(10)14(18)21/h2-5,8H,6-7H2,1H3,(H,16,17,19). The van der Waals surface area contributed by atoms with Crippen LogP contribution in [-0.2, 0) is 4.79 Å². The lowest BCUT2D eigenvalue weighted by molar-refractivity contribution is -0.116. The molecule has 0 unspecified atom stereocenters. The molecular weight excluding hydrogens is 302 g/mol. The van der Waals surface area contributed by atoms with Crippen LogP contribution < -0.4 is 5.32 Å². The van der Waals surface area contributed by atoms with Gasteiger partial charge in [0.1, 0.15) is 0 Å². The molecule has 2 heterocycles. The highest BCUT2D eigenvalue weighted by molar-refractivity contribution is 7.13. The average Bonchev–Trinajstić information content (AvgIpc) is 3.01. The maximum absolute atomic E-state index is 12.1. The van der Waals surface area contributed by atoms with Gasteiger partial charge in [-0.05, 0) is 19.1 Å². The second-order valence-electron chi connectivity index (χ2n) is 4.90. The Balaban J connectivity index is 1.62. The van der Waals surface area contributed by atoms with Gasteiger partial charge in [0.15, 0.2) is 5.13 Å². The Labute approximate surface area is 130 Å². The summed E-state index contributed by atoms with van der Waals surface area (Å²) in [6, 6.07) is 6.66. The SMILES string of the molecule is Cc1csc(NC(=O)CCN2C(=O)c3ccccc3C2=O)n1. The zero-order valence-corrected chi connectivity index (χ0v) is 12.6. The minimum atomic E-state index is -0.349. The lowest BCUT2D eigenvalue weighted by Crippen LogP contribution is -2.32. The molecule has 2 aromatic rings. The quantitative estimate of drug-likeness (QED) is 0.876. The van der Waals surface area contributed by atoms with Crippen molar-refractivity contribution in [3.8, 4) is 0 Å². The van der Waals surface area contributed by atoms with Crippen LogP contribution in [0.3, 0.4) is 0 Å². The van der Waals surface area contributed by atoms with E-state index < -0.39 is 0 Å². The molecule has 0 spiro atoms. The molecule has 3 rings (SSSR count). The summed E-state index contributed by atoms with van der Waals surface area (Å²) in [6.45, 7) is 1.90. The van der Waals surface area contributed by atoms with Gasteiger partial charge in [0.25, 0.3) is 11.8 Å². The molecule has 1 N–H and O–H groups in total. The largest absolute Gasteiger partial charge is 0.302 e. The number of hydrogen-bond acceptors (Lipinski definition) is 5. The number of nitrogens with zero attached hydrogens (tertiary/aromatic N) is 2. The van der Waals surface area contributed by atoms with E-state index in [1.165, 1.54) is 11.3 Å². The van der Waals surface area contributed by atoms with Crippen LogP contribution in [0.4, 0.5) is 5.13 Å². The minimum Gasteiger partial charge on any atom is -0.302 e. The monoisotopic (exact) mass is 315 g/mol. The maximum Gasteiger partial charge on any atom is 0.261 e. The summed E-state index contributed by atoms with van der Waals surface area (Å²) >= 11 is 1.34. The summed E-state index contributed by atoms with van der Waals surface area (Å²) in [7, 11) is 0. The van der Waals surface area contributed by atoms with Crippen LogP contribution in [-0.4, -0.2) is 34.2 Å². The van der Waals surface area contributed by atoms with Gasteiger partial charge in [-0.3, -0.25) is 19.3 Å². The van der Waals surface area contributed by atoms with Gasteiger partial charge in [0.05, 0.1) is 16.8 Å². The number of imide groups is 1. The molecule has 3 amide bonds. The topological polar surface area (TPSA) is 79.4 Å². The van der Waals surface area contributed by atoms with Gasteiger partial charge in [-0.2, -0.15) is 0 Å². The highest BCUT2D eigenvalue weighted by atomic mass is 32.1. The first-order chi connectivity index (χ1) is 10.6. The molecule has 7 heteroatoms. The predicted molar refractivity (Wildman–Crippen MR) is 81.9 cm³/mol. The number of fused-ring (bicyclic) bond motifs is 1. The molecule has 0 fully saturated rings. The molecule has 1 aromatic heterocycles. The van der Waals surface area contributed by atoms with Crippen LogP contribution in [0.25, 0.3) is 0 Å². The van der Waals surface area contributed by atoms with Gasteiger partial charge in [-0.1, -0.05) is 12.1 Å². The Bertz CT molecular complexity index is 734. The van der Waals surface area contributed by atoms with Crippen molar-refractivity contribution >= 4 is 34.2 Å². The number of carbonyl (C=O) groups is 3. The van der Waals surface area contributed by atoms with Crippen molar-refractivity contribution in [1.82, 2.24) is 9.88 Å². The third-order valence-corrected chi connectivity index (χ3v) is 4.18. The van der Waals surface area contributed by atoms with E-state index in [-0.39, 0.29) is 30.7 Å². The molecule has 1 aromatic carbocycles. The third kappa shape index (κ3) is 2.62. The van der Waals surface area contributed by atoms with E-state index in [4.69, 9.17) is 0 Å². The molecule has 112 valence electrons. The Morgan fingerprint density at radius 3 is 2.41 bits per heavy atom. The Morgan fingerprint density at radius 1 is 1.23 bits per heavy atom. The lowest BCUT2D eigenvalue weighted by Gasteiger charge is -2.12. The minimum absolute atomic E-state index is 0.0457. The molecule has 0 bridgehead atoms. The second-order valence-corrected chi connectivity index (χ2v) is 5.76. The van der Waals surface area contributed by atoms with Crippen molar-refractivity contribution < 1.29 is 14.4 Å². The third-order valence-electron chi connectivity index (χ3n) is 3.31. The molecule has 22 heavy (non-hydrogen) atoms. The number of carbonyl (C=O) groups excluding carboxylic acids is 3. The van der Waals surface area contributed by atoms with E-state index >= 15 is 0 Å². The van der Waals surface area contributed by atoms with Crippen LogP contribution in [0.2, 0.25) is 0 Å². The van der Waals surface area contributed by atoms with Crippen molar-refractivity contribution in [2.45, 2.75) is 13.3 Å². The molecule has 0 atom stereocenters. The summed E-state index contributed by atoms with van der Waals surface area (Å²) in [5, 5.41) is 5.01. The number of aromatic nitrogens is 1. The zero-order valence-electron chi connectivity index (χ0n) is 11.8. The van der Waals surface area contributed by atoms with Gasteiger partial charge >= 0.3 is 0 Å². The van der Waals surface area contributed by atoms with E-state index in [9.17, 15) is 14.4 Å². The highest BCUT2D eigenvalue weighted by Gasteiger charge is 2.34. The summed E-state index contributed by atoms with van der Waals surface area (Å²) in [5.41, 5.74) is 1.62. The van der Waals surface area contributed by atoms with Crippen molar-refractivity contribution in [3.05, 3.63) is 46.5 Å². The Kier molecular flexibility index (Phi) is 3.72. The predicted octanol–water partition coefficient (Wildman–Crippen LogP) is 2.08. The van der Waals surface area contributed by atoms with Crippen molar-refractivity contribution in [2.24, 2.45) is 0 Å². The van der Waals surface area contributed by atoms with Gasteiger partial charge in [0, 0.05) is 18.3 Å². The first-order valence-electron chi connectivity index (χ1n) is 6.73. The van der Waals surface area contributed by atoms with E-state index in [1.807, 2.05) is 12.3 Å². The van der Waals surface area contributed by atoms with Crippen LogP contribution in [0, 0.1) is 6.92 Å². The van der Waals surface area contributed by atoms with E-state index in [2.05, 4.69) is 10.3 Å². The molecule has 0 saturated heterocycles. The molecule has 6 nitrogen and oxygen atoms in total. The molecule has 0 aliphatic carbocycles. The molecule has 0 radical (unpaired) electrons. The zero-order chi connectivity index (χ0) is 15.7. The fourth-order valence-electron chi connectivity index (χ4n) is 2.25. The van der Waals surface area contributed by atoms with Gasteiger partial charge in [-0.25, -0.2) is 4.98 Å². The first kappa shape index (κ1) is 14.4. The Morgan fingerprint density at radius 2 is 1.86 bits per heavy atom. The van der Waals surface area contributed by atoms with Gasteiger partial charge in [-0.15, -0.1) is 11.3 Å². The van der Waals surface area contributed by atoms with Crippen molar-refractivity contribution in [3.63, 3.8) is 0 Å². The summed E-state index contributed by atoms with van der Waals surface area (Å²) in [4.78, 5) is 41.4. The molecule has 0 saturated carbocycles. The van der Waals surface area contributed by atoms with Crippen molar-refractivity contribution in [2.75, 3.05) is 11.9 Å². The smallest absolute Gasteiger partial charge is 0.261 e. The molecule has 1 aliphatic rings. The van der Waals surface area contributed by atoms with Crippen molar-refractivity contribution in [1.29, 1.82) is 0 Å². The highest BCUT2D eigenvalue weighted by Crippen LogP contribution is 2.22. The maximum atomic E-state index is 12.1. The number of aryl methyl sites for hydroxylation is 1. The number of nitrogens with one attached hydrogen (secondary N) is 1. The van der Waals surface area contributed by atoms with Crippen LogP contribution in [0.1, 0.15) is 32.8 Å². The normalized spacial score (nSPS) is 13.4. The summed E-state index contributed by atoms with van der Waals surface area (Å²) < 4.78 is 0. The van der Waals surface area contributed by atoms with Crippen LogP contribution >= 0.6 is 11.3 Å². The number of amides is 3. The first-order valence-corrected chi connectivity index (χ1v) is 7.61. The van der Waals surface area contributed by atoms with Crippen LogP contribution in [0.15, 0.2) is 29.6 Å². The Hall–Kier alpha value is -2.54. The second kappa shape index (κ2) is 5.69. The van der Waals surface area contributed by atoms with E-state index in [0.29, 0.717) is 16.3 Å². The lowest BCUT2D eigenvalue weighted by atomic mass is 10.1. The van der Waals surface area contributed by atoms with Gasteiger partial charge < -0.3 is 5.32 Å². The van der Waals surface area contributed by atoms with E-state index in [1.54, 1.807) is 24.3 Å². The fraction of sp³-hybridized carbons (Fsp3) is 0.200. The average molecular weight is 315 g/mol. The fourth-order valence-corrected chi connectivity index (χ4v) is 2.95. The number of rotatable bonds is 4. The van der Waals surface area contributed by atoms with Gasteiger partial charge in [0.2, 0.25) is 5.91 Å².